The molecule has 0 unspecified atom stereocenters. The Morgan fingerprint density at radius 2 is 1.92 bits per heavy atom. The van der Waals surface area contributed by atoms with Crippen LogP contribution in [0.25, 0.3) is 0 Å². The number of anilines is 1. The Bertz CT molecular complexity index is 513. The molecule has 2 atom stereocenters. The van der Waals surface area contributed by atoms with Crippen LogP contribution in [0.4, 0.5) is 10.1 Å². The second-order valence-corrected chi connectivity index (χ2v) is 6.40. The van der Waals surface area contributed by atoms with Crippen molar-refractivity contribution < 1.29 is 9.13 Å². The standard InChI is InChI=1S/C17H26FN3O.2ClH/c1-12-9-13(18)3-4-16(12)21-7-5-14(6-8-21)20-15-10-19-11-17(15)22-2;;/h3-4,9,14-15,17,19-20H,5-8,10-11H2,1-2H3;2*1H/t15-,17-;;/m0../s1. The first-order valence-electron chi connectivity index (χ1n) is 8.18. The van der Waals surface area contributed by atoms with Gasteiger partial charge in [-0.1, -0.05) is 0 Å². The lowest BCUT2D eigenvalue weighted by atomic mass is 10.0. The highest BCUT2D eigenvalue weighted by atomic mass is 35.5. The van der Waals surface area contributed by atoms with Gasteiger partial charge in [0.05, 0.1) is 6.10 Å². The van der Waals surface area contributed by atoms with Gasteiger partial charge in [0.25, 0.3) is 0 Å². The second-order valence-electron chi connectivity index (χ2n) is 6.40. The number of piperidine rings is 1. The van der Waals surface area contributed by atoms with Crippen molar-refractivity contribution in [3.05, 3.63) is 29.6 Å². The van der Waals surface area contributed by atoms with Crippen LogP contribution < -0.4 is 15.5 Å². The van der Waals surface area contributed by atoms with Crippen molar-refractivity contribution in [2.24, 2.45) is 0 Å². The van der Waals surface area contributed by atoms with E-state index in [-0.39, 0.29) is 36.7 Å². The molecular formula is C17H28Cl2FN3O. The van der Waals surface area contributed by atoms with E-state index in [0.717, 1.165) is 50.3 Å². The van der Waals surface area contributed by atoms with Crippen LogP contribution in [0.3, 0.4) is 0 Å². The van der Waals surface area contributed by atoms with Crippen molar-refractivity contribution in [3.63, 3.8) is 0 Å². The topological polar surface area (TPSA) is 36.5 Å². The largest absolute Gasteiger partial charge is 0.378 e. The average molecular weight is 380 g/mol. The molecule has 2 aliphatic heterocycles. The maximum atomic E-state index is 13.2. The number of nitrogens with one attached hydrogen (secondary N) is 2. The van der Waals surface area contributed by atoms with Crippen LogP contribution in [0.2, 0.25) is 0 Å². The molecule has 2 heterocycles. The number of ether oxygens (including phenoxy) is 1. The first kappa shape index (κ1) is 21.5. The smallest absolute Gasteiger partial charge is 0.123 e. The molecule has 0 saturated carbocycles. The van der Waals surface area contributed by atoms with E-state index in [4.69, 9.17) is 4.74 Å². The van der Waals surface area contributed by atoms with Crippen LogP contribution in [0.15, 0.2) is 18.2 Å². The van der Waals surface area contributed by atoms with E-state index in [1.165, 1.54) is 0 Å². The van der Waals surface area contributed by atoms with Gasteiger partial charge in [0.2, 0.25) is 0 Å². The molecule has 2 fully saturated rings. The summed E-state index contributed by atoms with van der Waals surface area (Å²) in [6.45, 7) is 5.93. The van der Waals surface area contributed by atoms with E-state index in [0.29, 0.717) is 12.1 Å². The van der Waals surface area contributed by atoms with Crippen LogP contribution in [0.1, 0.15) is 18.4 Å². The van der Waals surface area contributed by atoms with E-state index in [9.17, 15) is 4.39 Å². The molecule has 3 rings (SSSR count). The molecule has 138 valence electrons. The van der Waals surface area contributed by atoms with E-state index in [1.54, 1.807) is 19.2 Å². The second kappa shape index (κ2) is 9.78. The molecule has 4 nitrogen and oxygen atoms in total. The fraction of sp³-hybridized carbons (Fsp3) is 0.647. The summed E-state index contributed by atoms with van der Waals surface area (Å²) in [5.41, 5.74) is 2.18. The third kappa shape index (κ3) is 4.96. The summed E-state index contributed by atoms with van der Waals surface area (Å²) in [5, 5.41) is 7.12. The minimum atomic E-state index is -0.155. The third-order valence-corrected chi connectivity index (χ3v) is 4.91. The number of halogens is 3. The third-order valence-electron chi connectivity index (χ3n) is 4.91. The molecule has 0 spiro atoms. The summed E-state index contributed by atoms with van der Waals surface area (Å²) >= 11 is 0. The van der Waals surface area contributed by atoms with Gasteiger partial charge in [-0.3, -0.25) is 0 Å². The summed E-state index contributed by atoms with van der Waals surface area (Å²) in [6, 6.07) is 6.03. The molecule has 1 aromatic carbocycles. The van der Waals surface area contributed by atoms with Crippen LogP contribution in [0.5, 0.6) is 0 Å². The zero-order chi connectivity index (χ0) is 15.5. The Morgan fingerprint density at radius 3 is 2.54 bits per heavy atom. The van der Waals surface area contributed by atoms with Gasteiger partial charge in [0.15, 0.2) is 0 Å². The highest BCUT2D eigenvalue weighted by Crippen LogP contribution is 2.25. The van der Waals surface area contributed by atoms with Gasteiger partial charge in [-0.2, -0.15) is 0 Å². The predicted molar refractivity (Wildman–Crippen MR) is 101 cm³/mol. The van der Waals surface area contributed by atoms with Crippen LogP contribution in [-0.4, -0.2) is 51.5 Å². The molecule has 2 N–H and O–H groups in total. The highest BCUT2D eigenvalue weighted by Gasteiger charge is 2.30. The lowest BCUT2D eigenvalue weighted by Gasteiger charge is -2.36. The molecule has 0 radical (unpaired) electrons. The van der Waals surface area contributed by atoms with Crippen molar-refractivity contribution in [1.29, 1.82) is 0 Å². The minimum absolute atomic E-state index is 0. The van der Waals surface area contributed by atoms with Crippen LogP contribution in [-0.2, 0) is 4.74 Å². The van der Waals surface area contributed by atoms with E-state index >= 15 is 0 Å². The van der Waals surface area contributed by atoms with E-state index in [1.807, 2.05) is 13.0 Å². The average Bonchev–Trinajstić information content (AvgIpc) is 2.95. The van der Waals surface area contributed by atoms with Gasteiger partial charge in [-0.05, 0) is 43.5 Å². The highest BCUT2D eigenvalue weighted by molar-refractivity contribution is 5.85. The summed E-state index contributed by atoms with van der Waals surface area (Å²) in [7, 11) is 1.78. The maximum Gasteiger partial charge on any atom is 0.123 e. The minimum Gasteiger partial charge on any atom is -0.378 e. The van der Waals surface area contributed by atoms with Crippen molar-refractivity contribution in [2.75, 3.05) is 38.2 Å². The maximum absolute atomic E-state index is 13.2. The predicted octanol–water partition coefficient (Wildman–Crippen LogP) is 2.52. The summed E-state index contributed by atoms with van der Waals surface area (Å²) in [5.74, 6) is -0.155. The summed E-state index contributed by atoms with van der Waals surface area (Å²) in [6.07, 6.45) is 2.51. The zero-order valence-corrected chi connectivity index (χ0v) is 15.9. The number of hydrogen-bond acceptors (Lipinski definition) is 4. The molecular weight excluding hydrogens is 352 g/mol. The first-order valence-corrected chi connectivity index (χ1v) is 8.18. The van der Waals surface area contributed by atoms with E-state index in [2.05, 4.69) is 15.5 Å². The Kier molecular flexibility index (Phi) is 8.74. The molecule has 2 aliphatic rings. The summed E-state index contributed by atoms with van der Waals surface area (Å²) < 4.78 is 18.7. The lowest BCUT2D eigenvalue weighted by molar-refractivity contribution is 0.0910. The van der Waals surface area contributed by atoms with E-state index < -0.39 is 0 Å². The van der Waals surface area contributed by atoms with Crippen molar-refractivity contribution in [1.82, 2.24) is 10.6 Å². The van der Waals surface area contributed by atoms with Gasteiger partial charge in [0.1, 0.15) is 5.82 Å². The Balaban J connectivity index is 0.00000144. The Labute approximate surface area is 156 Å². The van der Waals surface area contributed by atoms with Gasteiger partial charge in [-0.25, -0.2) is 4.39 Å². The molecule has 0 aliphatic carbocycles. The van der Waals surface area contributed by atoms with Crippen LogP contribution >= 0.6 is 24.8 Å². The quantitative estimate of drug-likeness (QED) is 0.842. The zero-order valence-electron chi connectivity index (χ0n) is 14.3. The molecule has 24 heavy (non-hydrogen) atoms. The van der Waals surface area contributed by atoms with Crippen molar-refractivity contribution >= 4 is 30.5 Å². The van der Waals surface area contributed by atoms with Gasteiger partial charge < -0.3 is 20.3 Å². The molecule has 2 saturated heterocycles. The van der Waals surface area contributed by atoms with Gasteiger partial charge in [-0.15, -0.1) is 24.8 Å². The first-order chi connectivity index (χ1) is 10.7. The number of hydrogen-bond donors (Lipinski definition) is 2. The van der Waals surface area contributed by atoms with Gasteiger partial charge in [0, 0.05) is 51.1 Å². The van der Waals surface area contributed by atoms with Crippen LogP contribution in [0, 0.1) is 12.7 Å². The number of benzene rings is 1. The molecule has 7 heteroatoms. The Morgan fingerprint density at radius 1 is 1.21 bits per heavy atom. The SMILES string of the molecule is CO[C@H]1CNC[C@@H]1NC1CCN(c2ccc(F)cc2C)CC1.Cl.Cl. The number of methoxy groups -OCH3 is 1. The lowest BCUT2D eigenvalue weighted by Crippen LogP contribution is -2.50. The number of rotatable bonds is 4. The Hall–Kier alpha value is -0.590. The monoisotopic (exact) mass is 379 g/mol. The molecule has 1 aromatic rings. The summed E-state index contributed by atoms with van der Waals surface area (Å²) in [4.78, 5) is 2.37. The van der Waals surface area contributed by atoms with Crippen molar-refractivity contribution in [3.8, 4) is 0 Å². The number of aryl methyl sites for hydroxylation is 1. The fourth-order valence-electron chi connectivity index (χ4n) is 3.63. The number of nitrogens with zero attached hydrogens (tertiary/aromatic N) is 1. The van der Waals surface area contributed by atoms with Gasteiger partial charge >= 0.3 is 0 Å². The molecule has 0 bridgehead atoms. The van der Waals surface area contributed by atoms with Crippen molar-refractivity contribution in [2.45, 2.75) is 38.0 Å². The normalized spacial score (nSPS) is 24.4. The molecule has 0 amide bonds. The molecule has 0 aromatic heterocycles. The fourth-order valence-corrected chi connectivity index (χ4v) is 3.63.